The highest BCUT2D eigenvalue weighted by Crippen LogP contribution is 2.17. The van der Waals surface area contributed by atoms with E-state index in [1.54, 1.807) is 6.08 Å². The molecule has 0 radical (unpaired) electrons. The van der Waals surface area contributed by atoms with E-state index in [9.17, 15) is 4.79 Å². The van der Waals surface area contributed by atoms with Gasteiger partial charge in [-0.05, 0) is 29.7 Å². The number of benzene rings is 2. The van der Waals surface area contributed by atoms with Crippen molar-refractivity contribution < 1.29 is 4.79 Å². The van der Waals surface area contributed by atoms with Crippen molar-refractivity contribution >= 4 is 17.9 Å². The van der Waals surface area contributed by atoms with Crippen molar-refractivity contribution in [3.63, 3.8) is 0 Å². The van der Waals surface area contributed by atoms with Crippen LogP contribution in [0.5, 0.6) is 0 Å². The summed E-state index contributed by atoms with van der Waals surface area (Å²) < 4.78 is 0. The monoisotopic (exact) mass is 248 g/mol. The van der Waals surface area contributed by atoms with E-state index in [0.29, 0.717) is 0 Å². The highest BCUT2D eigenvalue weighted by molar-refractivity contribution is 5.88. The summed E-state index contributed by atoms with van der Waals surface area (Å²) in [7, 11) is 0. The minimum Gasteiger partial charge on any atom is -0.299 e. The molecule has 0 aliphatic heterocycles. The lowest BCUT2D eigenvalue weighted by molar-refractivity contribution is -0.104. The molecule has 0 atom stereocenters. The van der Waals surface area contributed by atoms with Gasteiger partial charge >= 0.3 is 0 Å². The van der Waals surface area contributed by atoms with Crippen LogP contribution in [0.4, 0.5) is 0 Å². The predicted molar refractivity (Wildman–Crippen MR) is 80.7 cm³/mol. The molecule has 0 fully saturated rings. The maximum atomic E-state index is 10.8. The summed E-state index contributed by atoms with van der Waals surface area (Å²) in [6.45, 7) is 2.05. The van der Waals surface area contributed by atoms with Crippen LogP contribution in [-0.4, -0.2) is 6.29 Å². The van der Waals surface area contributed by atoms with Gasteiger partial charge in [0.1, 0.15) is 6.29 Å². The second-order valence-electron chi connectivity index (χ2n) is 4.37. The van der Waals surface area contributed by atoms with Gasteiger partial charge in [-0.25, -0.2) is 0 Å². The summed E-state index contributed by atoms with van der Waals surface area (Å²) in [5.41, 5.74) is 4.29. The van der Waals surface area contributed by atoms with Gasteiger partial charge in [-0.2, -0.15) is 0 Å². The fourth-order valence-electron chi connectivity index (χ4n) is 1.82. The number of aldehydes is 1. The van der Waals surface area contributed by atoms with Crippen LogP contribution < -0.4 is 0 Å². The minimum atomic E-state index is 0.824. The molecule has 0 bridgehead atoms. The first kappa shape index (κ1) is 13.0. The smallest absolute Gasteiger partial charge is 0.143 e. The van der Waals surface area contributed by atoms with Crippen LogP contribution >= 0.6 is 0 Å². The van der Waals surface area contributed by atoms with Gasteiger partial charge in [-0.15, -0.1) is 0 Å². The van der Waals surface area contributed by atoms with Crippen molar-refractivity contribution in [1.29, 1.82) is 0 Å². The quantitative estimate of drug-likeness (QED) is 0.448. The number of allylic oxidation sites excluding steroid dienone is 3. The van der Waals surface area contributed by atoms with Gasteiger partial charge in [0.25, 0.3) is 0 Å². The lowest BCUT2D eigenvalue weighted by Gasteiger charge is -2.02. The third kappa shape index (κ3) is 3.78. The van der Waals surface area contributed by atoms with Crippen molar-refractivity contribution in [2.75, 3.05) is 0 Å². The molecule has 0 saturated heterocycles. The number of aryl methyl sites for hydroxylation is 1. The fourth-order valence-corrected chi connectivity index (χ4v) is 1.82. The highest BCUT2D eigenvalue weighted by Gasteiger charge is 1.97. The third-order valence-corrected chi connectivity index (χ3v) is 2.89. The summed E-state index contributed by atoms with van der Waals surface area (Å²) in [6, 6.07) is 18.2. The van der Waals surface area contributed by atoms with Gasteiger partial charge in [0.15, 0.2) is 0 Å². The topological polar surface area (TPSA) is 17.1 Å². The Bertz CT molecular complexity index is 589. The average molecular weight is 248 g/mol. The van der Waals surface area contributed by atoms with E-state index in [4.69, 9.17) is 0 Å². The maximum absolute atomic E-state index is 10.8. The molecule has 2 rings (SSSR count). The molecule has 0 heterocycles. The number of hydrogen-bond donors (Lipinski definition) is 0. The summed E-state index contributed by atoms with van der Waals surface area (Å²) in [6.07, 6.45) is 6.39. The fraction of sp³-hybridized carbons (Fsp3) is 0.0556. The van der Waals surface area contributed by atoms with Gasteiger partial charge in [-0.1, -0.05) is 72.3 Å². The standard InChI is InChI=1S/C18H16O/c1-15-7-10-17(11-8-15)18(13-14-19)12-9-16-5-3-2-4-6-16/h2-14H,1H3/b12-9+,18-13+. The molecule has 0 aliphatic carbocycles. The maximum Gasteiger partial charge on any atom is 0.143 e. The second-order valence-corrected chi connectivity index (χ2v) is 4.37. The van der Waals surface area contributed by atoms with Crippen LogP contribution in [0.2, 0.25) is 0 Å². The first-order chi connectivity index (χ1) is 9.29. The zero-order valence-corrected chi connectivity index (χ0v) is 10.9. The SMILES string of the molecule is Cc1ccc(C(/C=C/c2ccccc2)=C/C=O)cc1. The van der Waals surface area contributed by atoms with Crippen LogP contribution in [0, 0.1) is 6.92 Å². The van der Waals surface area contributed by atoms with Crippen LogP contribution in [-0.2, 0) is 4.79 Å². The Labute approximate surface area is 113 Å². The molecule has 1 nitrogen and oxygen atoms in total. The summed E-state index contributed by atoms with van der Waals surface area (Å²) >= 11 is 0. The van der Waals surface area contributed by atoms with E-state index in [2.05, 4.69) is 0 Å². The molecule has 19 heavy (non-hydrogen) atoms. The lowest BCUT2D eigenvalue weighted by atomic mass is 10.0. The van der Waals surface area contributed by atoms with Crippen LogP contribution in [0.1, 0.15) is 16.7 Å². The molecule has 0 saturated carbocycles. The molecule has 0 N–H and O–H groups in total. The van der Waals surface area contributed by atoms with Crippen molar-refractivity contribution in [1.82, 2.24) is 0 Å². The molecule has 2 aromatic rings. The Balaban J connectivity index is 2.27. The molecule has 94 valence electrons. The van der Waals surface area contributed by atoms with Crippen molar-refractivity contribution in [3.8, 4) is 0 Å². The number of rotatable bonds is 4. The minimum absolute atomic E-state index is 0.824. The van der Waals surface area contributed by atoms with E-state index in [-0.39, 0.29) is 0 Å². The molecule has 2 aromatic carbocycles. The lowest BCUT2D eigenvalue weighted by Crippen LogP contribution is -1.83. The molecular weight excluding hydrogens is 232 g/mol. The van der Waals surface area contributed by atoms with E-state index in [0.717, 1.165) is 23.0 Å². The average Bonchev–Trinajstić information content (AvgIpc) is 2.46. The predicted octanol–water partition coefficient (Wildman–Crippen LogP) is 4.29. The van der Waals surface area contributed by atoms with Crippen LogP contribution in [0.3, 0.4) is 0 Å². The molecule has 0 amide bonds. The number of hydrogen-bond acceptors (Lipinski definition) is 1. The van der Waals surface area contributed by atoms with Crippen molar-refractivity contribution in [3.05, 3.63) is 83.4 Å². The Hall–Kier alpha value is -2.41. The Kier molecular flexibility index (Phi) is 4.46. The summed E-state index contributed by atoms with van der Waals surface area (Å²) in [5, 5.41) is 0. The number of carbonyl (C=O) groups excluding carboxylic acids is 1. The molecular formula is C18H16O. The second kappa shape index (κ2) is 6.50. The summed E-state index contributed by atoms with van der Waals surface area (Å²) in [4.78, 5) is 10.8. The summed E-state index contributed by atoms with van der Waals surface area (Å²) in [5.74, 6) is 0. The molecule has 1 heteroatoms. The number of carbonyl (C=O) groups is 1. The molecule has 0 aliphatic rings. The van der Waals surface area contributed by atoms with Gasteiger partial charge < -0.3 is 0 Å². The Morgan fingerprint density at radius 2 is 1.63 bits per heavy atom. The van der Waals surface area contributed by atoms with E-state index in [1.165, 1.54) is 5.56 Å². The van der Waals surface area contributed by atoms with E-state index in [1.807, 2.05) is 73.7 Å². The molecule has 0 aromatic heterocycles. The normalized spacial score (nSPS) is 11.7. The van der Waals surface area contributed by atoms with Crippen molar-refractivity contribution in [2.45, 2.75) is 6.92 Å². The highest BCUT2D eigenvalue weighted by atomic mass is 16.1. The third-order valence-electron chi connectivity index (χ3n) is 2.89. The van der Waals surface area contributed by atoms with E-state index >= 15 is 0 Å². The van der Waals surface area contributed by atoms with Gasteiger partial charge in [0.2, 0.25) is 0 Å². The van der Waals surface area contributed by atoms with Crippen LogP contribution in [0.25, 0.3) is 11.6 Å². The van der Waals surface area contributed by atoms with Gasteiger partial charge in [-0.3, -0.25) is 4.79 Å². The van der Waals surface area contributed by atoms with Crippen LogP contribution in [0.15, 0.2) is 66.7 Å². The first-order valence-corrected chi connectivity index (χ1v) is 6.25. The van der Waals surface area contributed by atoms with E-state index < -0.39 is 0 Å². The van der Waals surface area contributed by atoms with Crippen molar-refractivity contribution in [2.24, 2.45) is 0 Å². The zero-order chi connectivity index (χ0) is 13.5. The zero-order valence-electron chi connectivity index (χ0n) is 10.9. The molecule has 0 unspecified atom stereocenters. The Morgan fingerprint density at radius 3 is 2.26 bits per heavy atom. The largest absolute Gasteiger partial charge is 0.299 e. The first-order valence-electron chi connectivity index (χ1n) is 6.25. The Morgan fingerprint density at radius 1 is 0.947 bits per heavy atom. The van der Waals surface area contributed by atoms with Gasteiger partial charge in [0, 0.05) is 0 Å². The van der Waals surface area contributed by atoms with Gasteiger partial charge in [0.05, 0.1) is 0 Å². The molecule has 0 spiro atoms.